The Balaban J connectivity index is 0.00000169. The van der Waals surface area contributed by atoms with Crippen molar-refractivity contribution in [2.75, 3.05) is 12.4 Å². The number of para-hydroxylation sites is 1. The van der Waals surface area contributed by atoms with Gasteiger partial charge in [0.1, 0.15) is 4.90 Å². The normalized spacial score (nSPS) is 10.4. The zero-order valence-electron chi connectivity index (χ0n) is 7.52. The first-order chi connectivity index (χ1) is 6.11. The Morgan fingerprint density at radius 3 is 2.36 bits per heavy atom. The highest BCUT2D eigenvalue weighted by Crippen LogP contribution is 2.18. The number of hydrogen-bond acceptors (Lipinski definition) is 4. The average molecular weight is 238 g/mol. The SMILES string of the molecule is CNc1ccccc1S(=O)(=O)NN.Cl. The molecule has 0 spiro atoms. The van der Waals surface area contributed by atoms with E-state index in [0.717, 1.165) is 0 Å². The number of hydrazine groups is 1. The van der Waals surface area contributed by atoms with Crippen molar-refractivity contribution in [2.24, 2.45) is 5.84 Å². The molecular formula is C7H12ClN3O2S. The second-order valence-corrected chi connectivity index (χ2v) is 4.05. The van der Waals surface area contributed by atoms with Crippen LogP contribution < -0.4 is 16.0 Å². The number of rotatable bonds is 3. The smallest absolute Gasteiger partial charge is 0.255 e. The molecule has 0 aliphatic carbocycles. The molecule has 14 heavy (non-hydrogen) atoms. The van der Waals surface area contributed by atoms with Crippen molar-refractivity contribution in [3.8, 4) is 0 Å². The van der Waals surface area contributed by atoms with Gasteiger partial charge in [0.05, 0.1) is 5.69 Å². The monoisotopic (exact) mass is 237 g/mol. The van der Waals surface area contributed by atoms with Gasteiger partial charge in [-0.1, -0.05) is 12.1 Å². The number of nitrogens with two attached hydrogens (primary N) is 1. The minimum Gasteiger partial charge on any atom is -0.387 e. The predicted octanol–water partition coefficient (Wildman–Crippen LogP) is 0.302. The molecule has 0 amide bonds. The van der Waals surface area contributed by atoms with Gasteiger partial charge in [-0.25, -0.2) is 8.42 Å². The van der Waals surface area contributed by atoms with Crippen LogP contribution in [0.25, 0.3) is 0 Å². The zero-order valence-corrected chi connectivity index (χ0v) is 9.15. The van der Waals surface area contributed by atoms with Gasteiger partial charge in [0.15, 0.2) is 0 Å². The van der Waals surface area contributed by atoms with Gasteiger partial charge in [-0.05, 0) is 12.1 Å². The van der Waals surface area contributed by atoms with E-state index >= 15 is 0 Å². The molecule has 1 aromatic carbocycles. The van der Waals surface area contributed by atoms with Gasteiger partial charge < -0.3 is 5.32 Å². The highest BCUT2D eigenvalue weighted by Gasteiger charge is 2.14. The molecule has 0 fully saturated rings. The molecule has 0 bridgehead atoms. The number of benzene rings is 1. The summed E-state index contributed by atoms with van der Waals surface area (Å²) in [6.45, 7) is 0. The third-order valence-corrected chi connectivity index (χ3v) is 2.85. The highest BCUT2D eigenvalue weighted by molar-refractivity contribution is 7.89. The van der Waals surface area contributed by atoms with Crippen LogP contribution in [0.2, 0.25) is 0 Å². The lowest BCUT2D eigenvalue weighted by atomic mass is 10.3. The molecule has 0 radical (unpaired) electrons. The van der Waals surface area contributed by atoms with Crippen molar-refractivity contribution in [1.82, 2.24) is 4.83 Å². The first-order valence-electron chi connectivity index (χ1n) is 3.61. The fourth-order valence-electron chi connectivity index (χ4n) is 0.971. The lowest BCUT2D eigenvalue weighted by Gasteiger charge is -2.07. The van der Waals surface area contributed by atoms with Gasteiger partial charge in [-0.3, -0.25) is 5.84 Å². The summed E-state index contributed by atoms with van der Waals surface area (Å²) in [5.41, 5.74) is 0.514. The van der Waals surface area contributed by atoms with E-state index in [2.05, 4.69) is 5.32 Å². The minimum atomic E-state index is -3.58. The van der Waals surface area contributed by atoms with Crippen molar-refractivity contribution in [2.45, 2.75) is 4.90 Å². The molecule has 0 aliphatic rings. The number of hydrogen-bond donors (Lipinski definition) is 3. The first-order valence-corrected chi connectivity index (χ1v) is 5.09. The highest BCUT2D eigenvalue weighted by atomic mass is 35.5. The molecule has 7 heteroatoms. The van der Waals surface area contributed by atoms with Crippen LogP contribution >= 0.6 is 12.4 Å². The molecule has 0 aliphatic heterocycles. The van der Waals surface area contributed by atoms with E-state index in [-0.39, 0.29) is 17.3 Å². The number of anilines is 1. The maximum Gasteiger partial charge on any atom is 0.255 e. The Kier molecular flexibility index (Phi) is 4.86. The predicted molar refractivity (Wildman–Crippen MR) is 57.7 cm³/mol. The summed E-state index contributed by atoms with van der Waals surface area (Å²) in [7, 11) is -1.93. The molecule has 0 saturated carbocycles. The molecule has 1 rings (SSSR count). The summed E-state index contributed by atoms with van der Waals surface area (Å²) in [6.07, 6.45) is 0. The van der Waals surface area contributed by atoms with Gasteiger partial charge in [0.2, 0.25) is 0 Å². The fourth-order valence-corrected chi connectivity index (χ4v) is 1.82. The zero-order chi connectivity index (χ0) is 9.90. The Morgan fingerprint density at radius 2 is 1.86 bits per heavy atom. The third-order valence-electron chi connectivity index (χ3n) is 1.60. The number of nitrogens with one attached hydrogen (secondary N) is 2. The van der Waals surface area contributed by atoms with E-state index in [4.69, 9.17) is 5.84 Å². The van der Waals surface area contributed by atoms with Crippen molar-refractivity contribution in [3.63, 3.8) is 0 Å². The second-order valence-electron chi connectivity index (χ2n) is 2.37. The van der Waals surface area contributed by atoms with Crippen LogP contribution in [0.4, 0.5) is 5.69 Å². The largest absolute Gasteiger partial charge is 0.387 e. The molecule has 0 heterocycles. The molecular weight excluding hydrogens is 226 g/mol. The van der Waals surface area contributed by atoms with Gasteiger partial charge in [0.25, 0.3) is 10.0 Å². The van der Waals surface area contributed by atoms with Gasteiger partial charge >= 0.3 is 0 Å². The molecule has 1 aromatic rings. The summed E-state index contributed by atoms with van der Waals surface area (Å²) in [5.74, 6) is 4.90. The van der Waals surface area contributed by atoms with Crippen molar-refractivity contribution in [3.05, 3.63) is 24.3 Å². The van der Waals surface area contributed by atoms with Gasteiger partial charge in [-0.15, -0.1) is 17.2 Å². The van der Waals surface area contributed by atoms with Crippen LogP contribution in [0.5, 0.6) is 0 Å². The minimum absolute atomic E-state index is 0. The van der Waals surface area contributed by atoms with E-state index in [1.165, 1.54) is 6.07 Å². The molecule has 0 unspecified atom stereocenters. The summed E-state index contributed by atoms with van der Waals surface area (Å²) in [6, 6.07) is 6.50. The van der Waals surface area contributed by atoms with Gasteiger partial charge in [-0.2, -0.15) is 0 Å². The first kappa shape index (κ1) is 13.2. The van der Waals surface area contributed by atoms with Crippen LogP contribution in [-0.2, 0) is 10.0 Å². The van der Waals surface area contributed by atoms with Crippen LogP contribution in [0.1, 0.15) is 0 Å². The maximum absolute atomic E-state index is 11.3. The van der Waals surface area contributed by atoms with Crippen molar-refractivity contribution in [1.29, 1.82) is 0 Å². The third kappa shape index (κ3) is 2.58. The summed E-state index contributed by atoms with van der Waals surface area (Å²) < 4.78 is 22.6. The summed E-state index contributed by atoms with van der Waals surface area (Å²) in [4.78, 5) is 1.90. The van der Waals surface area contributed by atoms with Crippen LogP contribution in [0.15, 0.2) is 29.2 Å². The Morgan fingerprint density at radius 1 is 1.29 bits per heavy atom. The summed E-state index contributed by atoms with van der Waals surface area (Å²) in [5, 5.41) is 2.76. The van der Waals surface area contributed by atoms with Crippen LogP contribution in [-0.4, -0.2) is 15.5 Å². The van der Waals surface area contributed by atoms with E-state index < -0.39 is 10.0 Å². The quantitative estimate of drug-likeness (QED) is 0.522. The average Bonchev–Trinajstić information content (AvgIpc) is 2.18. The Bertz CT molecular complexity index is 394. The van der Waals surface area contributed by atoms with Crippen LogP contribution in [0, 0.1) is 0 Å². The Labute approximate surface area is 89.1 Å². The van der Waals surface area contributed by atoms with E-state index in [1.807, 2.05) is 0 Å². The molecule has 0 aromatic heterocycles. The molecule has 5 nitrogen and oxygen atoms in total. The molecule has 0 atom stereocenters. The van der Waals surface area contributed by atoms with E-state index in [0.29, 0.717) is 5.69 Å². The fraction of sp³-hybridized carbons (Fsp3) is 0.143. The van der Waals surface area contributed by atoms with Crippen LogP contribution in [0.3, 0.4) is 0 Å². The molecule has 80 valence electrons. The molecule has 4 N–H and O–H groups in total. The number of halogens is 1. The molecule has 0 saturated heterocycles. The second kappa shape index (κ2) is 5.16. The lowest BCUT2D eigenvalue weighted by Crippen LogP contribution is -2.30. The maximum atomic E-state index is 11.3. The Hall–Kier alpha value is -0.820. The van der Waals surface area contributed by atoms with E-state index in [1.54, 1.807) is 30.1 Å². The van der Waals surface area contributed by atoms with E-state index in [9.17, 15) is 8.42 Å². The standard InChI is InChI=1S/C7H11N3O2S.ClH/c1-9-6-4-2-3-5-7(6)13(11,12)10-8;/h2-5,9-10H,8H2,1H3;1H. The van der Waals surface area contributed by atoms with Crippen molar-refractivity contribution < 1.29 is 8.42 Å². The summed E-state index contributed by atoms with van der Waals surface area (Å²) >= 11 is 0. The van der Waals surface area contributed by atoms with Gasteiger partial charge in [0, 0.05) is 7.05 Å². The topological polar surface area (TPSA) is 84.2 Å². The lowest BCUT2D eigenvalue weighted by molar-refractivity contribution is 0.584. The number of sulfonamides is 1. The van der Waals surface area contributed by atoms with Crippen molar-refractivity contribution >= 4 is 28.1 Å².